The van der Waals surface area contributed by atoms with Gasteiger partial charge in [0.2, 0.25) is 0 Å². The maximum Gasteiger partial charge on any atom is 0.292 e. The van der Waals surface area contributed by atoms with Crippen molar-refractivity contribution in [2.24, 2.45) is 5.10 Å². The minimum absolute atomic E-state index is 0.182. The Morgan fingerprint density at radius 3 is 2.40 bits per heavy atom. The molecule has 0 spiro atoms. The van der Waals surface area contributed by atoms with Gasteiger partial charge in [-0.05, 0) is 25.5 Å². The number of aromatic nitrogens is 2. The Morgan fingerprint density at radius 1 is 1.08 bits per heavy atom. The van der Waals surface area contributed by atoms with Crippen molar-refractivity contribution in [1.82, 2.24) is 15.2 Å². The first kappa shape index (κ1) is 16.6. The molecule has 0 atom stereocenters. The number of hydrogen-bond acceptors (Lipinski definition) is 4. The average molecular weight is 334 g/mol. The first-order valence-electron chi connectivity index (χ1n) is 8.01. The molecule has 1 N–H and O–H groups in total. The summed E-state index contributed by atoms with van der Waals surface area (Å²) in [5.74, 6) is -0.450. The van der Waals surface area contributed by atoms with E-state index < -0.39 is 5.91 Å². The van der Waals surface area contributed by atoms with Gasteiger partial charge in [-0.1, -0.05) is 48.5 Å². The molecule has 0 radical (unpaired) electrons. The van der Waals surface area contributed by atoms with Crippen molar-refractivity contribution in [3.05, 3.63) is 76.2 Å². The normalized spacial score (nSPS) is 11.5. The van der Waals surface area contributed by atoms with Crippen molar-refractivity contribution < 1.29 is 4.79 Å². The van der Waals surface area contributed by atoms with Gasteiger partial charge in [0.05, 0.1) is 11.1 Å². The van der Waals surface area contributed by atoms with Crippen molar-refractivity contribution in [2.45, 2.75) is 20.4 Å². The van der Waals surface area contributed by atoms with E-state index in [0.717, 1.165) is 5.56 Å². The van der Waals surface area contributed by atoms with Crippen LogP contribution in [0.1, 0.15) is 29.9 Å². The minimum atomic E-state index is -0.450. The Balaban J connectivity index is 1.98. The van der Waals surface area contributed by atoms with Gasteiger partial charge in [-0.25, -0.2) is 10.1 Å². The van der Waals surface area contributed by atoms with Crippen LogP contribution in [0.5, 0.6) is 0 Å². The van der Waals surface area contributed by atoms with Crippen LogP contribution in [-0.2, 0) is 6.54 Å². The van der Waals surface area contributed by atoms with Crippen LogP contribution in [0.4, 0.5) is 0 Å². The number of fused-ring (bicyclic) bond motifs is 1. The number of carbonyl (C=O) groups is 1. The second kappa shape index (κ2) is 7.09. The number of aryl methyl sites for hydroxylation is 1. The van der Waals surface area contributed by atoms with Crippen molar-refractivity contribution in [1.29, 1.82) is 0 Å². The van der Waals surface area contributed by atoms with Crippen molar-refractivity contribution in [3.63, 3.8) is 0 Å². The highest BCUT2D eigenvalue weighted by molar-refractivity contribution is 6.06. The third-order valence-electron chi connectivity index (χ3n) is 3.90. The molecule has 0 saturated heterocycles. The molecule has 6 nitrogen and oxygen atoms in total. The van der Waals surface area contributed by atoms with Gasteiger partial charge in [0.1, 0.15) is 0 Å². The van der Waals surface area contributed by atoms with E-state index in [9.17, 15) is 9.59 Å². The Hall–Kier alpha value is -3.28. The summed E-state index contributed by atoms with van der Waals surface area (Å²) in [4.78, 5) is 24.9. The Bertz CT molecular complexity index is 1010. The lowest BCUT2D eigenvalue weighted by Gasteiger charge is -2.09. The molecule has 0 aliphatic rings. The highest BCUT2D eigenvalue weighted by Crippen LogP contribution is 2.13. The Labute approximate surface area is 144 Å². The third-order valence-corrected chi connectivity index (χ3v) is 3.90. The molecule has 0 saturated carbocycles. The molecule has 1 amide bonds. The van der Waals surface area contributed by atoms with Crippen LogP contribution in [0, 0.1) is 0 Å². The van der Waals surface area contributed by atoms with Gasteiger partial charge in [0, 0.05) is 11.9 Å². The molecule has 0 bridgehead atoms. The highest BCUT2D eigenvalue weighted by Gasteiger charge is 2.15. The van der Waals surface area contributed by atoms with Crippen LogP contribution in [0.15, 0.2) is 64.5 Å². The summed E-state index contributed by atoms with van der Waals surface area (Å²) in [5, 5.41) is 9.32. The molecule has 3 rings (SSSR count). The van der Waals surface area contributed by atoms with E-state index in [1.165, 1.54) is 4.68 Å². The predicted molar refractivity (Wildman–Crippen MR) is 97.8 cm³/mol. The number of benzene rings is 2. The molecule has 0 aliphatic heterocycles. The van der Waals surface area contributed by atoms with E-state index in [-0.39, 0.29) is 11.3 Å². The Kier molecular flexibility index (Phi) is 4.70. The van der Waals surface area contributed by atoms with Crippen LogP contribution < -0.4 is 11.0 Å². The summed E-state index contributed by atoms with van der Waals surface area (Å²) in [6.45, 7) is 4.01. The van der Waals surface area contributed by atoms with Gasteiger partial charge in [0.15, 0.2) is 5.69 Å². The zero-order chi connectivity index (χ0) is 17.8. The first-order valence-corrected chi connectivity index (χ1v) is 8.01. The van der Waals surface area contributed by atoms with Gasteiger partial charge in [-0.15, -0.1) is 0 Å². The number of hydrazone groups is 1. The van der Waals surface area contributed by atoms with Gasteiger partial charge >= 0.3 is 0 Å². The molecule has 0 fully saturated rings. The fraction of sp³-hybridized carbons (Fsp3) is 0.158. The zero-order valence-electron chi connectivity index (χ0n) is 14.1. The molecule has 25 heavy (non-hydrogen) atoms. The molecule has 6 heteroatoms. The molecule has 1 heterocycles. The van der Waals surface area contributed by atoms with E-state index in [0.29, 0.717) is 23.0 Å². The predicted octanol–water partition coefficient (Wildman–Crippen LogP) is 2.57. The van der Waals surface area contributed by atoms with E-state index >= 15 is 0 Å². The molecule has 1 aromatic heterocycles. The molecule has 2 aromatic carbocycles. The minimum Gasteiger partial charge on any atom is -0.267 e. The topological polar surface area (TPSA) is 76.3 Å². The third kappa shape index (κ3) is 3.33. The summed E-state index contributed by atoms with van der Waals surface area (Å²) in [6, 6.07) is 16.5. The molecular weight excluding hydrogens is 316 g/mol. The van der Waals surface area contributed by atoms with E-state index in [1.807, 2.05) is 44.2 Å². The summed E-state index contributed by atoms with van der Waals surface area (Å²) in [5.41, 5.74) is 4.10. The summed E-state index contributed by atoms with van der Waals surface area (Å²) >= 11 is 0. The van der Waals surface area contributed by atoms with E-state index in [4.69, 9.17) is 0 Å². The zero-order valence-corrected chi connectivity index (χ0v) is 14.1. The number of carbonyl (C=O) groups excluding carboxylic acids is 1. The number of hydrogen-bond donors (Lipinski definition) is 1. The molecule has 3 aromatic rings. The van der Waals surface area contributed by atoms with E-state index in [2.05, 4.69) is 15.6 Å². The number of amides is 1. The fourth-order valence-electron chi connectivity index (χ4n) is 2.55. The monoisotopic (exact) mass is 334 g/mol. The second-order valence-corrected chi connectivity index (χ2v) is 5.52. The lowest BCUT2D eigenvalue weighted by atomic mass is 10.1. The largest absolute Gasteiger partial charge is 0.292 e. The van der Waals surface area contributed by atoms with Gasteiger partial charge in [-0.3, -0.25) is 9.59 Å². The van der Waals surface area contributed by atoms with Crippen LogP contribution in [0.25, 0.3) is 10.8 Å². The quantitative estimate of drug-likeness (QED) is 0.588. The number of nitrogens with zero attached hydrogens (tertiary/aromatic N) is 3. The van der Waals surface area contributed by atoms with Crippen molar-refractivity contribution in [2.75, 3.05) is 0 Å². The van der Waals surface area contributed by atoms with Crippen LogP contribution in [0.3, 0.4) is 0 Å². The summed E-state index contributed by atoms with van der Waals surface area (Å²) < 4.78 is 1.28. The molecule has 0 unspecified atom stereocenters. The van der Waals surface area contributed by atoms with E-state index in [1.54, 1.807) is 24.3 Å². The van der Waals surface area contributed by atoms with Gasteiger partial charge < -0.3 is 0 Å². The number of rotatable bonds is 4. The van der Waals surface area contributed by atoms with Crippen LogP contribution in [-0.4, -0.2) is 21.4 Å². The van der Waals surface area contributed by atoms with Crippen molar-refractivity contribution in [3.8, 4) is 0 Å². The van der Waals surface area contributed by atoms with Gasteiger partial charge in [0.25, 0.3) is 11.5 Å². The maximum atomic E-state index is 12.6. The smallest absolute Gasteiger partial charge is 0.267 e. The van der Waals surface area contributed by atoms with Crippen LogP contribution in [0.2, 0.25) is 0 Å². The van der Waals surface area contributed by atoms with Gasteiger partial charge in [-0.2, -0.15) is 10.2 Å². The lowest BCUT2D eigenvalue weighted by molar-refractivity contribution is 0.0949. The maximum absolute atomic E-state index is 12.6. The summed E-state index contributed by atoms with van der Waals surface area (Å²) in [6.07, 6.45) is 0. The second-order valence-electron chi connectivity index (χ2n) is 5.52. The molecule has 126 valence electrons. The van der Waals surface area contributed by atoms with Crippen LogP contribution >= 0.6 is 0 Å². The Morgan fingerprint density at radius 2 is 1.72 bits per heavy atom. The number of nitrogens with one attached hydrogen (secondary N) is 1. The average Bonchev–Trinajstić information content (AvgIpc) is 2.67. The van der Waals surface area contributed by atoms with Crippen molar-refractivity contribution >= 4 is 22.4 Å². The SMILES string of the molecule is CCn1nc(C(=O)N/N=C(\C)c2ccccc2)c2ccccc2c1=O. The highest BCUT2D eigenvalue weighted by atomic mass is 16.2. The summed E-state index contributed by atoms with van der Waals surface area (Å²) in [7, 11) is 0. The fourth-order valence-corrected chi connectivity index (χ4v) is 2.55. The molecular formula is C19H18N4O2. The standard InChI is InChI=1S/C19H18N4O2/c1-3-23-19(25)16-12-8-7-11-15(16)17(22-23)18(24)21-20-13(2)14-9-5-4-6-10-14/h4-12H,3H2,1-2H3,(H,21,24)/b20-13+. The molecule has 0 aliphatic carbocycles. The first-order chi connectivity index (χ1) is 12.1. The lowest BCUT2D eigenvalue weighted by Crippen LogP contribution is -2.28.